The fourth-order valence-electron chi connectivity index (χ4n) is 0.978. The van der Waals surface area contributed by atoms with Gasteiger partial charge in [0.25, 0.3) is 0 Å². The molecule has 0 spiro atoms. The average molecular weight is 320 g/mol. The van der Waals surface area contributed by atoms with Gasteiger partial charge in [0.05, 0.1) is 39.6 Å². The molecule has 17 heavy (non-hydrogen) atoms. The molecule has 0 aromatic heterocycles. The van der Waals surface area contributed by atoms with E-state index in [1.54, 1.807) is 0 Å². The molecule has 0 atom stereocenters. The fraction of sp³-hybridized carbons (Fsp3) is 1.00. The Hall–Kier alpha value is 1.61. The Kier molecular flexibility index (Phi) is 24.5. The molecule has 0 saturated heterocycles. The minimum Gasteiger partial charge on any atom is -0.676 e. The van der Waals surface area contributed by atoms with Crippen LogP contribution in [-0.2, 0) is 18.9 Å². The Morgan fingerprint density at radius 2 is 1.00 bits per heavy atom. The molecule has 0 aliphatic carbocycles. The van der Waals surface area contributed by atoms with E-state index in [2.05, 4.69) is 6.92 Å². The number of nitrogens with one attached hydrogen (secondary N) is 1. The van der Waals surface area contributed by atoms with Crippen molar-refractivity contribution >= 4 is 0 Å². The molecule has 0 unspecified atom stereocenters. The van der Waals surface area contributed by atoms with Crippen LogP contribution < -0.4 is 58.2 Å². The Morgan fingerprint density at radius 3 is 1.35 bits per heavy atom. The third-order valence-electron chi connectivity index (χ3n) is 1.71. The Bertz CT molecular complexity index is 116. The Labute approximate surface area is 153 Å². The van der Waals surface area contributed by atoms with Crippen molar-refractivity contribution in [2.75, 3.05) is 59.4 Å². The van der Waals surface area contributed by atoms with E-state index in [1.165, 1.54) is 0 Å². The van der Waals surface area contributed by atoms with Gasteiger partial charge in [-0.05, 0) is 6.42 Å². The zero-order valence-corrected chi connectivity index (χ0v) is 16.1. The van der Waals surface area contributed by atoms with Gasteiger partial charge in [0.15, 0.2) is 0 Å². The van der Waals surface area contributed by atoms with E-state index < -0.39 is 0 Å². The van der Waals surface area contributed by atoms with Crippen molar-refractivity contribution in [2.24, 2.45) is 0 Å². The van der Waals surface area contributed by atoms with E-state index in [1.807, 2.05) is 0 Å². The molecule has 0 aliphatic rings. The van der Waals surface area contributed by atoms with Crippen molar-refractivity contribution in [1.29, 1.82) is 0 Å². The fourth-order valence-corrected chi connectivity index (χ4v) is 0.978. The zero-order valence-electron chi connectivity index (χ0n) is 11.2. The first-order valence-corrected chi connectivity index (χ1v) is 5.87. The van der Waals surface area contributed by atoms with E-state index >= 15 is 0 Å². The number of ether oxygens (including phenoxy) is 4. The van der Waals surface area contributed by atoms with Gasteiger partial charge in [-0.25, -0.2) is 0 Å². The van der Waals surface area contributed by atoms with Gasteiger partial charge in [-0.15, -0.1) is 6.54 Å². The summed E-state index contributed by atoms with van der Waals surface area (Å²) in [5.74, 6) is 0. The molecule has 0 radical (unpaired) electrons. The van der Waals surface area contributed by atoms with E-state index in [9.17, 15) is 0 Å². The molecular formula is C11H24NO4Rb. The first-order valence-electron chi connectivity index (χ1n) is 5.87. The molecule has 98 valence electrons. The molecule has 0 amide bonds. The first kappa shape index (κ1) is 20.9. The largest absolute Gasteiger partial charge is 1.00 e. The maximum atomic E-state index is 6.85. The normalized spacial score (nSPS) is 10.2. The predicted molar refractivity (Wildman–Crippen MR) is 62.8 cm³/mol. The maximum Gasteiger partial charge on any atom is 1.00 e. The van der Waals surface area contributed by atoms with Gasteiger partial charge in [0.1, 0.15) is 0 Å². The summed E-state index contributed by atoms with van der Waals surface area (Å²) in [6, 6.07) is 0. The van der Waals surface area contributed by atoms with Gasteiger partial charge in [0.2, 0.25) is 0 Å². The molecule has 0 aromatic carbocycles. The molecule has 0 bridgehead atoms. The number of hydrogen-bond donors (Lipinski definition) is 0. The standard InChI is InChI=1S/C11H24NO4.Rb/c1-2-4-13-6-8-15-10-11-16-9-7-14-5-3-12;/h12H,2-11H2,1H3;/q-1;+1. The third kappa shape index (κ3) is 20.1. The van der Waals surface area contributed by atoms with Crippen LogP contribution in [0.5, 0.6) is 0 Å². The second-order valence-corrected chi connectivity index (χ2v) is 3.20. The minimum atomic E-state index is 0. The van der Waals surface area contributed by atoms with Crippen molar-refractivity contribution in [3.05, 3.63) is 5.73 Å². The maximum absolute atomic E-state index is 6.85. The average Bonchev–Trinajstić information content (AvgIpc) is 2.31. The van der Waals surface area contributed by atoms with Crippen molar-refractivity contribution in [3.8, 4) is 0 Å². The van der Waals surface area contributed by atoms with Gasteiger partial charge < -0.3 is 24.7 Å². The predicted octanol–water partition coefficient (Wildman–Crippen LogP) is -1.48. The summed E-state index contributed by atoms with van der Waals surface area (Å²) in [5.41, 5.74) is 6.85. The molecule has 0 rings (SSSR count). The van der Waals surface area contributed by atoms with E-state index in [0.29, 0.717) is 52.8 Å². The van der Waals surface area contributed by atoms with E-state index in [-0.39, 0.29) is 58.2 Å². The summed E-state index contributed by atoms with van der Waals surface area (Å²) in [7, 11) is 0. The first-order chi connectivity index (χ1) is 7.91. The summed E-state index contributed by atoms with van der Waals surface area (Å²) in [4.78, 5) is 0. The minimum absolute atomic E-state index is 0. The summed E-state index contributed by atoms with van der Waals surface area (Å²) in [6.45, 7) is 7.24. The molecular weight excluding hydrogens is 296 g/mol. The van der Waals surface area contributed by atoms with Gasteiger partial charge >= 0.3 is 58.2 Å². The van der Waals surface area contributed by atoms with Crippen LogP contribution in [0.3, 0.4) is 0 Å². The van der Waals surface area contributed by atoms with Gasteiger partial charge in [-0.2, -0.15) is 0 Å². The van der Waals surface area contributed by atoms with Crippen molar-refractivity contribution in [3.63, 3.8) is 0 Å². The topological polar surface area (TPSA) is 60.7 Å². The van der Waals surface area contributed by atoms with Crippen LogP contribution in [0.2, 0.25) is 0 Å². The second kappa shape index (κ2) is 19.9. The molecule has 6 heteroatoms. The van der Waals surface area contributed by atoms with Gasteiger partial charge in [0, 0.05) is 13.2 Å². The molecule has 5 nitrogen and oxygen atoms in total. The Balaban J connectivity index is 0. The number of hydrogen-bond acceptors (Lipinski definition) is 4. The van der Waals surface area contributed by atoms with E-state index in [0.717, 1.165) is 13.0 Å². The molecule has 0 fully saturated rings. The van der Waals surface area contributed by atoms with Crippen LogP contribution >= 0.6 is 0 Å². The van der Waals surface area contributed by atoms with Crippen LogP contribution in [0.25, 0.3) is 5.73 Å². The summed E-state index contributed by atoms with van der Waals surface area (Å²) >= 11 is 0. The van der Waals surface area contributed by atoms with Crippen molar-refractivity contribution in [1.82, 2.24) is 0 Å². The Morgan fingerprint density at radius 1 is 0.647 bits per heavy atom. The summed E-state index contributed by atoms with van der Waals surface area (Å²) in [5, 5.41) is 0. The summed E-state index contributed by atoms with van der Waals surface area (Å²) < 4.78 is 20.9. The molecule has 0 heterocycles. The van der Waals surface area contributed by atoms with Crippen LogP contribution in [-0.4, -0.2) is 59.4 Å². The molecule has 0 aromatic rings. The van der Waals surface area contributed by atoms with Crippen molar-refractivity contribution in [2.45, 2.75) is 13.3 Å². The van der Waals surface area contributed by atoms with Crippen LogP contribution in [0.4, 0.5) is 0 Å². The summed E-state index contributed by atoms with van der Waals surface area (Å²) in [6.07, 6.45) is 1.04. The molecule has 0 aliphatic heterocycles. The van der Waals surface area contributed by atoms with E-state index in [4.69, 9.17) is 24.7 Å². The van der Waals surface area contributed by atoms with Crippen LogP contribution in [0, 0.1) is 0 Å². The SMILES string of the molecule is CCCOCCOCCOCCOCC[NH-].[Rb+]. The second-order valence-electron chi connectivity index (χ2n) is 3.20. The molecule has 1 N–H and O–H groups in total. The zero-order chi connectivity index (χ0) is 11.9. The van der Waals surface area contributed by atoms with Crippen LogP contribution in [0.1, 0.15) is 13.3 Å². The molecule has 0 saturated carbocycles. The van der Waals surface area contributed by atoms with Gasteiger partial charge in [-0.1, -0.05) is 6.92 Å². The van der Waals surface area contributed by atoms with Crippen molar-refractivity contribution < 1.29 is 77.1 Å². The van der Waals surface area contributed by atoms with Gasteiger partial charge in [-0.3, -0.25) is 0 Å². The van der Waals surface area contributed by atoms with Crippen LogP contribution in [0.15, 0.2) is 0 Å². The third-order valence-corrected chi connectivity index (χ3v) is 1.71. The number of rotatable bonds is 13. The monoisotopic (exact) mass is 319 g/mol. The smallest absolute Gasteiger partial charge is 0.676 e. The quantitative estimate of drug-likeness (QED) is 0.389.